The van der Waals surface area contributed by atoms with Gasteiger partial charge >= 0.3 is 0 Å². The summed E-state index contributed by atoms with van der Waals surface area (Å²) in [5, 5.41) is 2.78. The highest BCUT2D eigenvalue weighted by atomic mass is 16.5. The second kappa shape index (κ2) is 12.9. The fourth-order valence-electron chi connectivity index (χ4n) is 2.44. The number of unbranched alkanes of at least 4 members (excludes halogenated alkanes) is 7. The fraction of sp³-hybridized carbons (Fsp3) is 0.684. The van der Waals surface area contributed by atoms with Gasteiger partial charge in [0.15, 0.2) is 0 Å². The molecule has 0 aliphatic carbocycles. The lowest BCUT2D eigenvalue weighted by Gasteiger charge is -2.07. The molecule has 0 atom stereocenters. The van der Waals surface area contributed by atoms with E-state index in [9.17, 15) is 4.79 Å². The first-order chi connectivity index (χ1) is 11.2. The highest BCUT2D eigenvalue weighted by Gasteiger charge is 1.99. The second-order valence-corrected chi connectivity index (χ2v) is 6.06. The SMILES string of the molecule is CCCCCCCCCCOc1ccc(CCNC(C)=O)cn1. The number of amides is 1. The number of hydrogen-bond acceptors (Lipinski definition) is 3. The topological polar surface area (TPSA) is 51.2 Å². The van der Waals surface area contributed by atoms with Gasteiger partial charge in [0.1, 0.15) is 0 Å². The number of aromatic nitrogens is 1. The summed E-state index contributed by atoms with van der Waals surface area (Å²) in [5.41, 5.74) is 1.11. The maximum absolute atomic E-state index is 10.8. The van der Waals surface area contributed by atoms with Crippen molar-refractivity contribution < 1.29 is 9.53 Å². The van der Waals surface area contributed by atoms with Crippen LogP contribution in [0.5, 0.6) is 5.88 Å². The Morgan fingerprint density at radius 1 is 1.09 bits per heavy atom. The Labute approximate surface area is 141 Å². The summed E-state index contributed by atoms with van der Waals surface area (Å²) in [4.78, 5) is 15.1. The average Bonchev–Trinajstić information content (AvgIpc) is 2.54. The lowest BCUT2D eigenvalue weighted by molar-refractivity contribution is -0.118. The van der Waals surface area contributed by atoms with Gasteiger partial charge in [0.25, 0.3) is 0 Å². The number of rotatable bonds is 13. The minimum Gasteiger partial charge on any atom is -0.478 e. The van der Waals surface area contributed by atoms with Gasteiger partial charge < -0.3 is 10.1 Å². The Kier molecular flexibility index (Phi) is 10.9. The maximum Gasteiger partial charge on any atom is 0.216 e. The molecule has 0 radical (unpaired) electrons. The molecule has 4 heteroatoms. The van der Waals surface area contributed by atoms with E-state index in [1.807, 2.05) is 18.3 Å². The van der Waals surface area contributed by atoms with Gasteiger partial charge in [-0.3, -0.25) is 4.79 Å². The normalized spacial score (nSPS) is 10.5. The highest BCUT2D eigenvalue weighted by molar-refractivity contribution is 5.72. The Balaban J connectivity index is 2.03. The van der Waals surface area contributed by atoms with Gasteiger partial charge in [-0.15, -0.1) is 0 Å². The zero-order valence-corrected chi connectivity index (χ0v) is 14.8. The van der Waals surface area contributed by atoms with Crippen LogP contribution in [0.2, 0.25) is 0 Å². The molecule has 130 valence electrons. The predicted molar refractivity (Wildman–Crippen MR) is 94.7 cm³/mol. The van der Waals surface area contributed by atoms with Crippen molar-refractivity contribution in [3.8, 4) is 5.88 Å². The van der Waals surface area contributed by atoms with Gasteiger partial charge in [-0.1, -0.05) is 57.9 Å². The zero-order valence-electron chi connectivity index (χ0n) is 14.8. The van der Waals surface area contributed by atoms with E-state index in [1.54, 1.807) is 0 Å². The molecular weight excluding hydrogens is 288 g/mol. The molecule has 1 N–H and O–H groups in total. The Bertz CT molecular complexity index is 418. The van der Waals surface area contributed by atoms with Crippen LogP contribution in [0.15, 0.2) is 18.3 Å². The van der Waals surface area contributed by atoms with Gasteiger partial charge in [-0.2, -0.15) is 0 Å². The van der Waals surface area contributed by atoms with Crippen molar-refractivity contribution in [1.82, 2.24) is 10.3 Å². The van der Waals surface area contributed by atoms with E-state index in [-0.39, 0.29) is 5.91 Å². The van der Waals surface area contributed by atoms with E-state index >= 15 is 0 Å². The standard InChI is InChI=1S/C19H32N2O2/c1-3-4-5-6-7-8-9-10-15-23-19-12-11-18(16-21-19)13-14-20-17(2)22/h11-12,16H,3-10,13-15H2,1-2H3,(H,20,22). The van der Waals surface area contributed by atoms with Crippen molar-refractivity contribution in [3.63, 3.8) is 0 Å². The minimum absolute atomic E-state index is 0.00303. The Hall–Kier alpha value is -1.58. The van der Waals surface area contributed by atoms with E-state index < -0.39 is 0 Å². The van der Waals surface area contributed by atoms with Crippen LogP contribution < -0.4 is 10.1 Å². The lowest BCUT2D eigenvalue weighted by atomic mass is 10.1. The molecule has 0 fully saturated rings. The first kappa shape index (κ1) is 19.5. The Morgan fingerprint density at radius 2 is 1.78 bits per heavy atom. The van der Waals surface area contributed by atoms with E-state index in [1.165, 1.54) is 51.9 Å². The summed E-state index contributed by atoms with van der Waals surface area (Å²) in [7, 11) is 0. The molecule has 0 saturated carbocycles. The lowest BCUT2D eigenvalue weighted by Crippen LogP contribution is -2.22. The van der Waals surface area contributed by atoms with Crippen molar-refractivity contribution in [1.29, 1.82) is 0 Å². The molecule has 0 saturated heterocycles. The average molecular weight is 320 g/mol. The number of pyridine rings is 1. The number of nitrogens with zero attached hydrogens (tertiary/aromatic N) is 1. The molecule has 0 aliphatic rings. The summed E-state index contributed by atoms with van der Waals surface area (Å²) in [6.07, 6.45) is 13.0. The Morgan fingerprint density at radius 3 is 2.39 bits per heavy atom. The van der Waals surface area contributed by atoms with Crippen LogP contribution in [0, 0.1) is 0 Å². The summed E-state index contributed by atoms with van der Waals surface area (Å²) in [5.74, 6) is 0.694. The smallest absolute Gasteiger partial charge is 0.216 e. The zero-order chi connectivity index (χ0) is 16.8. The van der Waals surface area contributed by atoms with Crippen molar-refractivity contribution >= 4 is 5.91 Å². The molecule has 23 heavy (non-hydrogen) atoms. The van der Waals surface area contributed by atoms with Gasteiger partial charge in [0.05, 0.1) is 6.61 Å². The minimum atomic E-state index is 0.00303. The van der Waals surface area contributed by atoms with Gasteiger partial charge in [0.2, 0.25) is 11.8 Å². The van der Waals surface area contributed by atoms with Crippen molar-refractivity contribution in [2.45, 2.75) is 71.6 Å². The summed E-state index contributed by atoms with van der Waals surface area (Å²) >= 11 is 0. The number of nitrogens with one attached hydrogen (secondary N) is 1. The van der Waals surface area contributed by atoms with Gasteiger partial charge in [-0.05, 0) is 18.4 Å². The largest absolute Gasteiger partial charge is 0.478 e. The van der Waals surface area contributed by atoms with Crippen LogP contribution in [0.3, 0.4) is 0 Å². The highest BCUT2D eigenvalue weighted by Crippen LogP contribution is 2.11. The summed E-state index contributed by atoms with van der Waals surface area (Å²) in [6.45, 7) is 5.17. The van der Waals surface area contributed by atoms with Gasteiger partial charge in [0, 0.05) is 25.7 Å². The van der Waals surface area contributed by atoms with Gasteiger partial charge in [-0.25, -0.2) is 4.98 Å². The molecule has 4 nitrogen and oxygen atoms in total. The number of hydrogen-bond donors (Lipinski definition) is 1. The molecule has 1 rings (SSSR count). The molecule has 1 aromatic rings. The number of ether oxygens (including phenoxy) is 1. The third-order valence-corrected chi connectivity index (χ3v) is 3.83. The molecule has 0 spiro atoms. The molecule has 1 amide bonds. The van der Waals surface area contributed by atoms with E-state index in [4.69, 9.17) is 4.74 Å². The van der Waals surface area contributed by atoms with E-state index in [0.717, 1.165) is 25.0 Å². The third kappa shape index (κ3) is 10.7. The molecular formula is C19H32N2O2. The van der Waals surface area contributed by atoms with Crippen LogP contribution >= 0.6 is 0 Å². The molecule has 1 aromatic heterocycles. The van der Waals surface area contributed by atoms with Crippen molar-refractivity contribution in [3.05, 3.63) is 23.9 Å². The molecule has 1 heterocycles. The van der Waals surface area contributed by atoms with Crippen molar-refractivity contribution in [2.24, 2.45) is 0 Å². The quantitative estimate of drug-likeness (QED) is 0.552. The van der Waals surface area contributed by atoms with Crippen LogP contribution in [-0.4, -0.2) is 24.0 Å². The van der Waals surface area contributed by atoms with E-state index in [2.05, 4.69) is 17.2 Å². The van der Waals surface area contributed by atoms with Crippen molar-refractivity contribution in [2.75, 3.05) is 13.2 Å². The van der Waals surface area contributed by atoms with E-state index in [0.29, 0.717) is 12.4 Å². The fourth-order valence-corrected chi connectivity index (χ4v) is 2.44. The van der Waals surface area contributed by atoms with Crippen LogP contribution in [0.4, 0.5) is 0 Å². The van der Waals surface area contributed by atoms with Crippen LogP contribution in [0.25, 0.3) is 0 Å². The van der Waals surface area contributed by atoms with Crippen LogP contribution in [-0.2, 0) is 11.2 Å². The molecule has 0 bridgehead atoms. The number of carbonyl (C=O) groups excluding carboxylic acids is 1. The first-order valence-electron chi connectivity index (χ1n) is 9.04. The summed E-state index contributed by atoms with van der Waals surface area (Å²) < 4.78 is 5.67. The molecule has 0 aromatic carbocycles. The summed E-state index contributed by atoms with van der Waals surface area (Å²) in [6, 6.07) is 3.92. The second-order valence-electron chi connectivity index (χ2n) is 6.06. The predicted octanol–water partition coefficient (Wildman–Crippen LogP) is 4.28. The molecule has 0 aliphatic heterocycles. The molecule has 0 unspecified atom stereocenters. The third-order valence-electron chi connectivity index (χ3n) is 3.83. The number of carbonyl (C=O) groups is 1. The first-order valence-corrected chi connectivity index (χ1v) is 9.04. The van der Waals surface area contributed by atoms with Crippen LogP contribution in [0.1, 0.15) is 70.8 Å². The maximum atomic E-state index is 10.8. The monoisotopic (exact) mass is 320 g/mol.